The minimum absolute atomic E-state index is 0.467. The predicted molar refractivity (Wildman–Crippen MR) is 107 cm³/mol. The van der Waals surface area contributed by atoms with Crippen LogP contribution in [-0.2, 0) is 31.1 Å². The van der Waals surface area contributed by atoms with Crippen LogP contribution in [0.25, 0.3) is 0 Å². The molecule has 4 rings (SSSR count). The van der Waals surface area contributed by atoms with Crippen LogP contribution in [0, 0.1) is 0 Å². The lowest BCUT2D eigenvalue weighted by atomic mass is 9.76. The molecule has 2 aromatic rings. The Morgan fingerprint density at radius 1 is 1.07 bits per heavy atom. The number of carbonyl (C=O) groups is 4. The van der Waals surface area contributed by atoms with Gasteiger partial charge in [-0.05, 0) is 42.5 Å². The molecule has 0 radical (unpaired) electrons. The van der Waals surface area contributed by atoms with Crippen molar-refractivity contribution in [1.29, 1.82) is 0 Å². The number of amides is 4. The van der Waals surface area contributed by atoms with Gasteiger partial charge in [0, 0.05) is 5.69 Å². The number of para-hydroxylation sites is 1. The maximum Gasteiger partial charge on any atom is 0.326 e. The summed E-state index contributed by atoms with van der Waals surface area (Å²) in [7, 11) is 0. The molecule has 30 heavy (non-hydrogen) atoms. The third-order valence-electron chi connectivity index (χ3n) is 5.36. The first-order valence-corrected chi connectivity index (χ1v) is 9.72. The number of fused-ring (bicyclic) bond motifs is 2. The number of ether oxygens (including phenoxy) is 1. The summed E-state index contributed by atoms with van der Waals surface area (Å²) in [6.45, 7) is -1.06. The topological polar surface area (TPSA) is 105 Å². The van der Waals surface area contributed by atoms with Gasteiger partial charge in [0.25, 0.3) is 11.8 Å². The minimum Gasteiger partial charge on any atom is -0.454 e. The molecule has 1 atom stereocenters. The monoisotopic (exact) mass is 407 g/mol. The lowest BCUT2D eigenvalue weighted by molar-refractivity contribution is -0.150. The van der Waals surface area contributed by atoms with E-state index in [1.807, 2.05) is 30.3 Å². The van der Waals surface area contributed by atoms with Gasteiger partial charge in [-0.3, -0.25) is 19.3 Å². The molecular weight excluding hydrogens is 386 g/mol. The van der Waals surface area contributed by atoms with Gasteiger partial charge < -0.3 is 15.4 Å². The zero-order valence-corrected chi connectivity index (χ0v) is 16.2. The van der Waals surface area contributed by atoms with Gasteiger partial charge in [-0.1, -0.05) is 42.5 Å². The van der Waals surface area contributed by atoms with Crippen molar-refractivity contribution >= 4 is 29.5 Å². The molecule has 8 nitrogen and oxygen atoms in total. The quantitative estimate of drug-likeness (QED) is 0.582. The number of anilines is 1. The molecular formula is C22H21N3O5. The Morgan fingerprint density at radius 3 is 2.60 bits per heavy atom. The Hall–Kier alpha value is -3.68. The van der Waals surface area contributed by atoms with Crippen molar-refractivity contribution in [3.63, 3.8) is 0 Å². The molecule has 0 unspecified atom stereocenters. The summed E-state index contributed by atoms with van der Waals surface area (Å²) in [6, 6.07) is 15.6. The molecule has 1 spiro atoms. The molecule has 154 valence electrons. The maximum absolute atomic E-state index is 13.1. The Balaban J connectivity index is 1.38. The number of rotatable bonds is 5. The number of hydrogen-bond donors (Lipinski definition) is 2. The van der Waals surface area contributed by atoms with Crippen molar-refractivity contribution < 1.29 is 23.9 Å². The molecule has 0 saturated carbocycles. The summed E-state index contributed by atoms with van der Waals surface area (Å²) in [5.74, 6) is -1.81. The van der Waals surface area contributed by atoms with Crippen molar-refractivity contribution in [3.05, 3.63) is 65.7 Å². The lowest BCUT2D eigenvalue weighted by Gasteiger charge is -2.33. The second kappa shape index (κ2) is 7.98. The molecule has 1 fully saturated rings. The molecule has 1 saturated heterocycles. The van der Waals surface area contributed by atoms with E-state index in [1.165, 1.54) is 0 Å². The summed E-state index contributed by atoms with van der Waals surface area (Å²) < 4.78 is 4.95. The highest BCUT2D eigenvalue weighted by Crippen LogP contribution is 2.39. The second-order valence-electron chi connectivity index (χ2n) is 7.31. The van der Waals surface area contributed by atoms with Crippen LogP contribution in [0.15, 0.2) is 54.6 Å². The SMILES string of the molecule is O=C(COC(=O)CN1C(=O)N[C@]2(CCCc3ccccc32)C1=O)Nc1ccccc1. The van der Waals surface area contributed by atoms with Gasteiger partial charge in [0.2, 0.25) is 0 Å². The highest BCUT2D eigenvalue weighted by Gasteiger charge is 2.54. The fourth-order valence-electron chi connectivity index (χ4n) is 3.99. The first kappa shape index (κ1) is 19.6. The van der Waals surface area contributed by atoms with E-state index in [9.17, 15) is 19.2 Å². The fraction of sp³-hybridized carbons (Fsp3) is 0.273. The average Bonchev–Trinajstić information content (AvgIpc) is 2.98. The van der Waals surface area contributed by atoms with E-state index in [1.54, 1.807) is 24.3 Å². The Morgan fingerprint density at radius 2 is 1.80 bits per heavy atom. The predicted octanol–water partition coefficient (Wildman–Crippen LogP) is 1.95. The number of benzene rings is 2. The largest absolute Gasteiger partial charge is 0.454 e. The maximum atomic E-state index is 13.1. The van der Waals surface area contributed by atoms with E-state index in [4.69, 9.17) is 4.74 Å². The number of nitrogens with one attached hydrogen (secondary N) is 2. The number of urea groups is 1. The van der Waals surface area contributed by atoms with Gasteiger partial charge in [-0.2, -0.15) is 0 Å². The van der Waals surface area contributed by atoms with Crippen LogP contribution in [0.3, 0.4) is 0 Å². The Kier molecular flexibility index (Phi) is 5.22. The zero-order valence-electron chi connectivity index (χ0n) is 16.2. The van der Waals surface area contributed by atoms with E-state index in [0.29, 0.717) is 12.1 Å². The molecule has 2 aliphatic rings. The summed E-state index contributed by atoms with van der Waals surface area (Å²) >= 11 is 0. The van der Waals surface area contributed by atoms with Gasteiger partial charge in [0.1, 0.15) is 12.1 Å². The van der Waals surface area contributed by atoms with Crippen LogP contribution >= 0.6 is 0 Å². The third-order valence-corrected chi connectivity index (χ3v) is 5.36. The molecule has 1 aliphatic carbocycles. The first-order valence-electron chi connectivity index (χ1n) is 9.72. The van der Waals surface area contributed by atoms with E-state index in [0.717, 1.165) is 28.9 Å². The third kappa shape index (κ3) is 3.63. The molecule has 8 heteroatoms. The van der Waals surface area contributed by atoms with Crippen LogP contribution in [-0.4, -0.2) is 41.9 Å². The zero-order chi connectivity index (χ0) is 21.1. The summed E-state index contributed by atoms with van der Waals surface area (Å²) in [5, 5.41) is 5.37. The van der Waals surface area contributed by atoms with Crippen LogP contribution < -0.4 is 10.6 Å². The number of aryl methyl sites for hydroxylation is 1. The van der Waals surface area contributed by atoms with E-state index in [-0.39, 0.29) is 0 Å². The van der Waals surface area contributed by atoms with Gasteiger partial charge >= 0.3 is 12.0 Å². The number of hydrogen-bond acceptors (Lipinski definition) is 5. The highest BCUT2D eigenvalue weighted by molar-refractivity contribution is 6.09. The Bertz CT molecular complexity index is 1010. The molecule has 1 aliphatic heterocycles. The number of nitrogens with zero attached hydrogens (tertiary/aromatic N) is 1. The highest BCUT2D eigenvalue weighted by atomic mass is 16.5. The summed E-state index contributed by atoms with van der Waals surface area (Å²) in [6.07, 6.45) is 2.06. The van der Waals surface area contributed by atoms with Gasteiger partial charge in [0.05, 0.1) is 0 Å². The van der Waals surface area contributed by atoms with E-state index < -0.39 is 42.5 Å². The average molecular weight is 407 g/mol. The first-order chi connectivity index (χ1) is 14.5. The van der Waals surface area contributed by atoms with E-state index >= 15 is 0 Å². The standard InChI is InChI=1S/C22H21N3O5/c26-18(23-16-9-2-1-3-10-16)14-30-19(27)13-25-20(28)22(24-21(25)29)12-6-8-15-7-4-5-11-17(15)22/h1-5,7,9-11H,6,8,12-14H2,(H,23,26)(H,24,29)/t22-/m0/s1. The van der Waals surface area contributed by atoms with Gasteiger partial charge in [0.15, 0.2) is 6.61 Å². The van der Waals surface area contributed by atoms with Gasteiger partial charge in [-0.15, -0.1) is 0 Å². The van der Waals surface area contributed by atoms with Gasteiger partial charge in [-0.25, -0.2) is 4.79 Å². The van der Waals surface area contributed by atoms with Crippen molar-refractivity contribution in [1.82, 2.24) is 10.2 Å². The van der Waals surface area contributed by atoms with Crippen LogP contribution in [0.4, 0.5) is 10.5 Å². The molecule has 0 bridgehead atoms. The fourth-order valence-corrected chi connectivity index (χ4v) is 3.99. The number of carbonyl (C=O) groups excluding carboxylic acids is 4. The summed E-state index contributed by atoms with van der Waals surface area (Å²) in [5.41, 5.74) is 1.22. The summed E-state index contributed by atoms with van der Waals surface area (Å²) in [4.78, 5) is 50.6. The van der Waals surface area contributed by atoms with Crippen LogP contribution in [0.5, 0.6) is 0 Å². The minimum atomic E-state index is -1.14. The van der Waals surface area contributed by atoms with Crippen molar-refractivity contribution in [2.45, 2.75) is 24.8 Å². The Labute approximate surface area is 173 Å². The van der Waals surface area contributed by atoms with Crippen LogP contribution in [0.2, 0.25) is 0 Å². The number of esters is 1. The smallest absolute Gasteiger partial charge is 0.326 e. The number of imide groups is 1. The normalized spacial score (nSPS) is 19.9. The molecule has 4 amide bonds. The lowest BCUT2D eigenvalue weighted by Crippen LogP contribution is -2.46. The van der Waals surface area contributed by atoms with Crippen LogP contribution in [0.1, 0.15) is 24.0 Å². The second-order valence-corrected chi connectivity index (χ2v) is 7.31. The van der Waals surface area contributed by atoms with E-state index in [2.05, 4.69) is 10.6 Å². The molecule has 2 aromatic carbocycles. The van der Waals surface area contributed by atoms with Crippen molar-refractivity contribution in [2.24, 2.45) is 0 Å². The molecule has 0 aromatic heterocycles. The van der Waals surface area contributed by atoms with Crippen molar-refractivity contribution in [2.75, 3.05) is 18.5 Å². The molecule has 2 N–H and O–H groups in total. The molecule has 1 heterocycles. The van der Waals surface area contributed by atoms with Crippen molar-refractivity contribution in [3.8, 4) is 0 Å².